The molecule has 1 aromatic heterocycles. The smallest absolute Gasteiger partial charge is 0.222 e. The Balaban J connectivity index is 1.71. The fourth-order valence-corrected chi connectivity index (χ4v) is 2.95. The van der Waals surface area contributed by atoms with Crippen LogP contribution in [0, 0.1) is 6.92 Å². The summed E-state index contributed by atoms with van der Waals surface area (Å²) >= 11 is 0. The van der Waals surface area contributed by atoms with Gasteiger partial charge in [-0.15, -0.1) is 0 Å². The molecule has 0 fully saturated rings. The molecule has 2 aromatic carbocycles. The average molecular weight is 348 g/mol. The van der Waals surface area contributed by atoms with Crippen LogP contribution in [0.3, 0.4) is 0 Å². The first-order chi connectivity index (χ1) is 12.7. The average Bonchev–Trinajstić information content (AvgIpc) is 3.20. The molecule has 1 amide bonds. The number of carbonyl (C=O) groups is 1. The van der Waals surface area contributed by atoms with Crippen LogP contribution < -0.4 is 10.1 Å². The second-order valence-corrected chi connectivity index (χ2v) is 6.39. The van der Waals surface area contributed by atoms with Gasteiger partial charge in [0.1, 0.15) is 5.75 Å². The van der Waals surface area contributed by atoms with Crippen molar-refractivity contribution >= 4 is 5.91 Å². The summed E-state index contributed by atoms with van der Waals surface area (Å²) in [5, 5.41) is 3.03. The van der Waals surface area contributed by atoms with Crippen molar-refractivity contribution in [2.75, 3.05) is 7.11 Å². The number of ether oxygens (including phenoxy) is 1. The van der Waals surface area contributed by atoms with Gasteiger partial charge in [-0.2, -0.15) is 0 Å². The summed E-state index contributed by atoms with van der Waals surface area (Å²) in [4.78, 5) is 12.6. The molecule has 0 saturated heterocycles. The molecule has 4 heteroatoms. The van der Waals surface area contributed by atoms with Gasteiger partial charge in [-0.1, -0.05) is 42.0 Å². The Hall–Kier alpha value is -3.01. The van der Waals surface area contributed by atoms with Crippen molar-refractivity contribution in [3.8, 4) is 5.75 Å². The van der Waals surface area contributed by atoms with Gasteiger partial charge in [-0.05, 0) is 42.3 Å². The van der Waals surface area contributed by atoms with Gasteiger partial charge in [0, 0.05) is 18.9 Å². The quantitative estimate of drug-likeness (QED) is 0.698. The van der Waals surface area contributed by atoms with Crippen LogP contribution in [-0.4, -0.2) is 17.6 Å². The van der Waals surface area contributed by atoms with Crippen LogP contribution in [0.5, 0.6) is 5.75 Å². The number of benzene rings is 2. The lowest BCUT2D eigenvalue weighted by molar-refractivity contribution is -0.121. The van der Waals surface area contributed by atoms with Crippen molar-refractivity contribution < 1.29 is 9.53 Å². The minimum absolute atomic E-state index is 0.0205. The normalized spacial score (nSPS) is 11.8. The van der Waals surface area contributed by atoms with E-state index < -0.39 is 0 Å². The minimum atomic E-state index is -0.0712. The van der Waals surface area contributed by atoms with Crippen LogP contribution in [0.1, 0.15) is 29.2 Å². The van der Waals surface area contributed by atoms with E-state index in [9.17, 15) is 4.79 Å². The van der Waals surface area contributed by atoms with Crippen LogP contribution in [-0.2, 0) is 11.3 Å². The lowest BCUT2D eigenvalue weighted by atomic mass is 10.0. The SMILES string of the molecule is COc1cccc([C@H](CC(=O)NCc2ccc(C)cc2)n2cccc2)c1. The molecule has 1 N–H and O–H groups in total. The van der Waals surface area contributed by atoms with Gasteiger partial charge >= 0.3 is 0 Å². The summed E-state index contributed by atoms with van der Waals surface area (Å²) < 4.78 is 7.39. The second kappa shape index (κ2) is 8.39. The maximum Gasteiger partial charge on any atom is 0.222 e. The third-order valence-electron chi connectivity index (χ3n) is 4.45. The van der Waals surface area contributed by atoms with E-state index in [0.29, 0.717) is 13.0 Å². The number of nitrogens with zero attached hydrogens (tertiary/aromatic N) is 1. The Kier molecular flexibility index (Phi) is 5.74. The second-order valence-electron chi connectivity index (χ2n) is 6.39. The van der Waals surface area contributed by atoms with E-state index in [2.05, 4.69) is 28.9 Å². The van der Waals surface area contributed by atoms with Crippen molar-refractivity contribution in [2.45, 2.75) is 25.9 Å². The molecule has 0 saturated carbocycles. The fraction of sp³-hybridized carbons (Fsp3) is 0.227. The monoisotopic (exact) mass is 348 g/mol. The standard InChI is InChI=1S/C22H24N2O2/c1-17-8-10-18(11-9-17)16-23-22(25)15-21(24-12-3-4-13-24)19-6-5-7-20(14-19)26-2/h3-14,21H,15-16H2,1-2H3,(H,23,25)/t21-/m0/s1. The van der Waals surface area contributed by atoms with Gasteiger partial charge < -0.3 is 14.6 Å². The minimum Gasteiger partial charge on any atom is -0.497 e. The predicted molar refractivity (Wildman–Crippen MR) is 103 cm³/mol. The zero-order valence-corrected chi connectivity index (χ0v) is 15.2. The first-order valence-corrected chi connectivity index (χ1v) is 8.74. The molecular weight excluding hydrogens is 324 g/mol. The van der Waals surface area contributed by atoms with Crippen molar-refractivity contribution in [1.29, 1.82) is 0 Å². The van der Waals surface area contributed by atoms with Crippen LogP contribution in [0.25, 0.3) is 0 Å². The summed E-state index contributed by atoms with van der Waals surface area (Å²) in [6.07, 6.45) is 4.34. The third-order valence-corrected chi connectivity index (χ3v) is 4.45. The number of amides is 1. The van der Waals surface area contributed by atoms with Gasteiger partial charge in [0.05, 0.1) is 19.6 Å². The number of rotatable bonds is 7. The molecule has 0 unspecified atom stereocenters. The molecule has 3 aromatic rings. The maximum atomic E-state index is 12.6. The highest BCUT2D eigenvalue weighted by Gasteiger charge is 2.18. The van der Waals surface area contributed by atoms with Crippen LogP contribution in [0.2, 0.25) is 0 Å². The van der Waals surface area contributed by atoms with E-state index in [4.69, 9.17) is 4.74 Å². The Bertz CT molecular complexity index is 839. The molecule has 4 nitrogen and oxygen atoms in total. The number of aryl methyl sites for hydroxylation is 1. The molecule has 1 atom stereocenters. The van der Waals surface area contributed by atoms with Gasteiger partial charge in [-0.25, -0.2) is 0 Å². The highest BCUT2D eigenvalue weighted by Crippen LogP contribution is 2.25. The summed E-state index contributed by atoms with van der Waals surface area (Å²) in [5.74, 6) is 0.812. The molecule has 3 rings (SSSR count). The number of hydrogen-bond donors (Lipinski definition) is 1. The Morgan fingerprint density at radius 3 is 2.50 bits per heavy atom. The van der Waals surface area contributed by atoms with Gasteiger partial charge in [-0.3, -0.25) is 4.79 Å². The van der Waals surface area contributed by atoms with E-state index in [1.54, 1.807) is 7.11 Å². The van der Waals surface area contributed by atoms with Crippen molar-refractivity contribution in [3.63, 3.8) is 0 Å². The van der Waals surface area contributed by atoms with Crippen molar-refractivity contribution in [1.82, 2.24) is 9.88 Å². The Morgan fingerprint density at radius 1 is 1.08 bits per heavy atom. The highest BCUT2D eigenvalue weighted by molar-refractivity contribution is 5.76. The van der Waals surface area contributed by atoms with Crippen LogP contribution in [0.15, 0.2) is 73.1 Å². The zero-order valence-electron chi connectivity index (χ0n) is 15.2. The Morgan fingerprint density at radius 2 is 1.81 bits per heavy atom. The van der Waals surface area contributed by atoms with E-state index in [1.807, 2.05) is 60.9 Å². The van der Waals surface area contributed by atoms with E-state index >= 15 is 0 Å². The lowest BCUT2D eigenvalue weighted by Crippen LogP contribution is -2.26. The zero-order chi connectivity index (χ0) is 18.4. The van der Waals surface area contributed by atoms with E-state index in [1.165, 1.54) is 5.56 Å². The van der Waals surface area contributed by atoms with Crippen LogP contribution >= 0.6 is 0 Å². The molecule has 0 bridgehead atoms. The number of carbonyl (C=O) groups excluding carboxylic acids is 1. The molecule has 26 heavy (non-hydrogen) atoms. The third kappa shape index (κ3) is 4.54. The summed E-state index contributed by atoms with van der Waals surface area (Å²) in [6.45, 7) is 2.59. The van der Waals surface area contributed by atoms with Crippen molar-refractivity contribution in [3.05, 3.63) is 89.7 Å². The number of nitrogens with one attached hydrogen (secondary N) is 1. The van der Waals surface area contributed by atoms with E-state index in [-0.39, 0.29) is 11.9 Å². The molecule has 1 heterocycles. The topological polar surface area (TPSA) is 43.3 Å². The predicted octanol–water partition coefficient (Wildman–Crippen LogP) is 4.10. The fourth-order valence-electron chi connectivity index (χ4n) is 2.95. The molecule has 0 aliphatic rings. The number of methoxy groups -OCH3 is 1. The Labute approximate surface area is 154 Å². The molecule has 0 spiro atoms. The first-order valence-electron chi connectivity index (χ1n) is 8.74. The summed E-state index contributed by atoms with van der Waals surface area (Å²) in [5.41, 5.74) is 3.36. The van der Waals surface area contributed by atoms with E-state index in [0.717, 1.165) is 16.9 Å². The lowest BCUT2D eigenvalue weighted by Gasteiger charge is -2.20. The molecule has 0 aliphatic heterocycles. The summed E-state index contributed by atoms with van der Waals surface area (Å²) in [6, 6.07) is 19.9. The number of hydrogen-bond acceptors (Lipinski definition) is 2. The largest absolute Gasteiger partial charge is 0.497 e. The molecule has 0 radical (unpaired) electrons. The molecule has 0 aliphatic carbocycles. The first kappa shape index (κ1) is 17.8. The highest BCUT2D eigenvalue weighted by atomic mass is 16.5. The van der Waals surface area contributed by atoms with Crippen LogP contribution in [0.4, 0.5) is 0 Å². The van der Waals surface area contributed by atoms with Gasteiger partial charge in [0.2, 0.25) is 5.91 Å². The number of aromatic nitrogens is 1. The maximum absolute atomic E-state index is 12.6. The molecular formula is C22H24N2O2. The molecule has 134 valence electrons. The van der Waals surface area contributed by atoms with Gasteiger partial charge in [0.25, 0.3) is 0 Å². The van der Waals surface area contributed by atoms with Crippen molar-refractivity contribution in [2.24, 2.45) is 0 Å². The van der Waals surface area contributed by atoms with Gasteiger partial charge in [0.15, 0.2) is 0 Å². The summed E-state index contributed by atoms with van der Waals surface area (Å²) in [7, 11) is 1.65.